The van der Waals surface area contributed by atoms with Crippen molar-refractivity contribution in [1.82, 2.24) is 14.6 Å². The molecule has 0 aliphatic carbocycles. The summed E-state index contributed by atoms with van der Waals surface area (Å²) in [6, 6.07) is 0. The molecule has 0 aliphatic heterocycles. The van der Waals surface area contributed by atoms with Crippen molar-refractivity contribution in [1.29, 1.82) is 0 Å². The van der Waals surface area contributed by atoms with Crippen molar-refractivity contribution in [2.75, 3.05) is 25.6 Å². The van der Waals surface area contributed by atoms with Crippen molar-refractivity contribution in [2.45, 2.75) is 26.2 Å². The average Bonchev–Trinajstić information content (AvgIpc) is 2.74. The minimum atomic E-state index is 0.0665. The SMILES string of the molecule is COCCNc1nn2cc(C(C)(C)C)nc2s1. The summed E-state index contributed by atoms with van der Waals surface area (Å²) in [5.74, 6) is 0. The van der Waals surface area contributed by atoms with E-state index in [4.69, 9.17) is 4.74 Å². The summed E-state index contributed by atoms with van der Waals surface area (Å²) in [5, 5.41) is 8.51. The lowest BCUT2D eigenvalue weighted by molar-refractivity contribution is 0.210. The highest BCUT2D eigenvalue weighted by Crippen LogP contribution is 2.25. The van der Waals surface area contributed by atoms with Gasteiger partial charge < -0.3 is 10.1 Å². The zero-order valence-corrected chi connectivity index (χ0v) is 11.5. The Balaban J connectivity index is 2.14. The number of hydrogen-bond donors (Lipinski definition) is 1. The first-order valence-electron chi connectivity index (χ1n) is 5.60. The van der Waals surface area contributed by atoms with Crippen molar-refractivity contribution < 1.29 is 4.74 Å². The van der Waals surface area contributed by atoms with E-state index in [9.17, 15) is 0 Å². The normalized spacial score (nSPS) is 12.2. The Morgan fingerprint density at radius 1 is 1.47 bits per heavy atom. The van der Waals surface area contributed by atoms with Crippen molar-refractivity contribution in [3.63, 3.8) is 0 Å². The van der Waals surface area contributed by atoms with Gasteiger partial charge in [0.05, 0.1) is 18.5 Å². The molecule has 0 saturated carbocycles. The molecule has 5 nitrogen and oxygen atoms in total. The Labute approximate surface area is 105 Å². The molecule has 1 N–H and O–H groups in total. The first-order valence-corrected chi connectivity index (χ1v) is 6.42. The Kier molecular flexibility index (Phi) is 3.35. The molecular formula is C11H18N4OS. The minimum Gasteiger partial charge on any atom is -0.383 e. The average molecular weight is 254 g/mol. The second-order valence-corrected chi connectivity index (χ2v) is 5.89. The molecule has 2 rings (SSSR count). The number of nitrogens with one attached hydrogen (secondary N) is 1. The number of hydrogen-bond acceptors (Lipinski definition) is 5. The number of anilines is 1. The molecule has 0 spiro atoms. The second kappa shape index (κ2) is 4.62. The molecule has 0 saturated heterocycles. The molecule has 2 heterocycles. The third-order valence-electron chi connectivity index (χ3n) is 2.39. The predicted molar refractivity (Wildman–Crippen MR) is 69.9 cm³/mol. The van der Waals surface area contributed by atoms with Crippen molar-refractivity contribution in [2.24, 2.45) is 0 Å². The Morgan fingerprint density at radius 2 is 2.24 bits per heavy atom. The van der Waals surface area contributed by atoms with Crippen LogP contribution in [0.15, 0.2) is 6.20 Å². The number of fused-ring (bicyclic) bond motifs is 1. The van der Waals surface area contributed by atoms with Crippen LogP contribution < -0.4 is 5.32 Å². The molecule has 94 valence electrons. The van der Waals surface area contributed by atoms with Crippen LogP contribution in [0.4, 0.5) is 5.13 Å². The van der Waals surface area contributed by atoms with E-state index in [0.29, 0.717) is 6.61 Å². The number of methoxy groups -OCH3 is 1. The fourth-order valence-corrected chi connectivity index (χ4v) is 2.20. The molecule has 6 heteroatoms. The van der Waals surface area contributed by atoms with Crippen LogP contribution in [-0.4, -0.2) is 34.9 Å². The van der Waals surface area contributed by atoms with E-state index in [1.165, 1.54) is 0 Å². The number of nitrogens with zero attached hydrogens (tertiary/aromatic N) is 3. The van der Waals surface area contributed by atoms with Gasteiger partial charge in [0.25, 0.3) is 0 Å². The quantitative estimate of drug-likeness (QED) is 0.849. The van der Waals surface area contributed by atoms with Gasteiger partial charge in [0, 0.05) is 19.1 Å². The second-order valence-electron chi connectivity index (χ2n) is 4.93. The lowest BCUT2D eigenvalue weighted by Crippen LogP contribution is -2.11. The molecular weight excluding hydrogens is 236 g/mol. The Morgan fingerprint density at radius 3 is 2.82 bits per heavy atom. The van der Waals surface area contributed by atoms with Gasteiger partial charge in [-0.3, -0.25) is 0 Å². The summed E-state index contributed by atoms with van der Waals surface area (Å²) >= 11 is 1.56. The van der Waals surface area contributed by atoms with Gasteiger partial charge in [0.15, 0.2) is 0 Å². The maximum absolute atomic E-state index is 4.97. The topological polar surface area (TPSA) is 51.5 Å². The lowest BCUT2D eigenvalue weighted by Gasteiger charge is -2.13. The molecule has 0 fully saturated rings. The van der Waals surface area contributed by atoms with Gasteiger partial charge in [-0.2, -0.15) is 0 Å². The summed E-state index contributed by atoms with van der Waals surface area (Å²) < 4.78 is 6.81. The molecule has 0 bridgehead atoms. The van der Waals surface area contributed by atoms with Gasteiger partial charge in [-0.1, -0.05) is 32.1 Å². The summed E-state index contributed by atoms with van der Waals surface area (Å²) in [4.78, 5) is 5.51. The van der Waals surface area contributed by atoms with Crippen molar-refractivity contribution >= 4 is 21.4 Å². The smallest absolute Gasteiger partial charge is 0.214 e. The largest absolute Gasteiger partial charge is 0.383 e. The van der Waals surface area contributed by atoms with E-state index >= 15 is 0 Å². The highest BCUT2D eigenvalue weighted by Gasteiger charge is 2.19. The number of ether oxygens (including phenoxy) is 1. The standard InChI is InChI=1S/C11H18N4OS/c1-11(2,3)8-7-15-10(13-8)17-9(14-15)12-5-6-16-4/h7H,5-6H2,1-4H3,(H,12,14). The van der Waals surface area contributed by atoms with Crippen LogP contribution in [0.5, 0.6) is 0 Å². The van der Waals surface area contributed by atoms with Crippen LogP contribution in [0.3, 0.4) is 0 Å². The molecule has 2 aromatic rings. The van der Waals surface area contributed by atoms with E-state index in [1.54, 1.807) is 18.4 Å². The fourth-order valence-electron chi connectivity index (χ4n) is 1.39. The predicted octanol–water partition coefficient (Wildman–Crippen LogP) is 2.15. The molecule has 0 unspecified atom stereocenters. The molecule has 0 atom stereocenters. The van der Waals surface area contributed by atoms with Gasteiger partial charge in [-0.05, 0) is 0 Å². The molecule has 0 radical (unpaired) electrons. The number of aromatic nitrogens is 3. The highest BCUT2D eigenvalue weighted by atomic mass is 32.1. The van der Waals surface area contributed by atoms with Crippen LogP contribution in [0.1, 0.15) is 26.5 Å². The third-order valence-corrected chi connectivity index (χ3v) is 3.27. The summed E-state index contributed by atoms with van der Waals surface area (Å²) in [6.45, 7) is 7.89. The third kappa shape index (κ3) is 2.76. The molecule has 0 amide bonds. The lowest BCUT2D eigenvalue weighted by atomic mass is 9.93. The molecule has 17 heavy (non-hydrogen) atoms. The van der Waals surface area contributed by atoms with Gasteiger partial charge in [0.2, 0.25) is 10.1 Å². The van der Waals surface area contributed by atoms with Gasteiger partial charge in [0.1, 0.15) is 0 Å². The first-order chi connectivity index (χ1) is 8.00. The van der Waals surface area contributed by atoms with E-state index < -0.39 is 0 Å². The van der Waals surface area contributed by atoms with Gasteiger partial charge >= 0.3 is 0 Å². The zero-order valence-electron chi connectivity index (χ0n) is 10.6. The van der Waals surface area contributed by atoms with Crippen LogP contribution in [0, 0.1) is 0 Å². The van der Waals surface area contributed by atoms with Crippen molar-refractivity contribution in [3.8, 4) is 0 Å². The van der Waals surface area contributed by atoms with Crippen LogP contribution >= 0.6 is 11.3 Å². The van der Waals surface area contributed by atoms with E-state index in [0.717, 1.165) is 22.3 Å². The number of rotatable bonds is 4. The summed E-state index contributed by atoms with van der Waals surface area (Å²) in [5.41, 5.74) is 1.14. The Hall–Kier alpha value is -1.14. The van der Waals surface area contributed by atoms with Gasteiger partial charge in [-0.25, -0.2) is 9.50 Å². The van der Waals surface area contributed by atoms with E-state index in [2.05, 4.69) is 36.2 Å². The number of imidazole rings is 1. The van der Waals surface area contributed by atoms with Crippen LogP contribution in [0.25, 0.3) is 4.96 Å². The first kappa shape index (κ1) is 12.3. The minimum absolute atomic E-state index is 0.0665. The Bertz CT molecular complexity index is 465. The maximum atomic E-state index is 4.97. The summed E-state index contributed by atoms with van der Waals surface area (Å²) in [7, 11) is 1.69. The van der Waals surface area contributed by atoms with Gasteiger partial charge in [-0.15, -0.1) is 5.10 Å². The summed E-state index contributed by atoms with van der Waals surface area (Å²) in [6.07, 6.45) is 1.99. The zero-order chi connectivity index (χ0) is 12.5. The molecule has 0 aliphatic rings. The van der Waals surface area contributed by atoms with Crippen LogP contribution in [-0.2, 0) is 10.2 Å². The van der Waals surface area contributed by atoms with Crippen molar-refractivity contribution in [3.05, 3.63) is 11.9 Å². The van der Waals surface area contributed by atoms with E-state index in [1.807, 2.05) is 10.7 Å². The highest BCUT2D eigenvalue weighted by molar-refractivity contribution is 7.20. The molecule has 2 aromatic heterocycles. The maximum Gasteiger partial charge on any atom is 0.214 e. The van der Waals surface area contributed by atoms with Crippen LogP contribution in [0.2, 0.25) is 0 Å². The fraction of sp³-hybridized carbons (Fsp3) is 0.636. The van der Waals surface area contributed by atoms with E-state index in [-0.39, 0.29) is 5.41 Å². The monoisotopic (exact) mass is 254 g/mol. The molecule has 0 aromatic carbocycles.